The zero-order valence-corrected chi connectivity index (χ0v) is 19.8. The molecule has 2 aliphatic carbocycles. The van der Waals surface area contributed by atoms with Crippen LogP contribution in [0.4, 0.5) is 9.93 Å². The van der Waals surface area contributed by atoms with Gasteiger partial charge in [0, 0.05) is 13.2 Å². The zero-order chi connectivity index (χ0) is 22.1. The van der Waals surface area contributed by atoms with Crippen molar-refractivity contribution < 1.29 is 24.2 Å². The molecule has 10 heteroatoms. The highest BCUT2D eigenvalue weighted by atomic mass is 32.2. The molecule has 0 unspecified atom stereocenters. The van der Waals surface area contributed by atoms with Gasteiger partial charge >= 0.3 is 12.0 Å². The maximum Gasteiger partial charge on any atom is 0.326 e. The van der Waals surface area contributed by atoms with Crippen molar-refractivity contribution in [3.63, 3.8) is 0 Å². The molecule has 2 fully saturated rings. The fourth-order valence-corrected chi connectivity index (χ4v) is 6.15. The number of amides is 2. The molecule has 0 radical (unpaired) electrons. The highest BCUT2D eigenvalue weighted by Gasteiger charge is 2.45. The van der Waals surface area contributed by atoms with E-state index >= 15 is 0 Å². The van der Waals surface area contributed by atoms with Gasteiger partial charge in [-0.25, -0.2) is 9.78 Å². The SMILES string of the molecule is COCCOC1(N(C(=O)Nc2ncc(SCC(=O)O)s2)C2CCCCC2)CCCCC1. The van der Waals surface area contributed by atoms with Crippen molar-refractivity contribution >= 4 is 40.2 Å². The monoisotopic (exact) mass is 471 g/mol. The van der Waals surface area contributed by atoms with Crippen molar-refractivity contribution in [2.45, 2.75) is 80.2 Å². The molecular weight excluding hydrogens is 438 g/mol. The molecule has 0 aromatic carbocycles. The van der Waals surface area contributed by atoms with E-state index < -0.39 is 11.7 Å². The predicted molar refractivity (Wildman–Crippen MR) is 122 cm³/mol. The fraction of sp³-hybridized carbons (Fsp3) is 0.762. The number of aromatic nitrogens is 1. The molecule has 0 spiro atoms. The van der Waals surface area contributed by atoms with Gasteiger partial charge in [-0.1, -0.05) is 37.0 Å². The molecule has 8 nitrogen and oxygen atoms in total. The Morgan fingerprint density at radius 2 is 1.94 bits per heavy atom. The number of aliphatic carboxylic acids is 1. The number of hydrogen-bond acceptors (Lipinski definition) is 7. The molecule has 2 N–H and O–H groups in total. The molecule has 174 valence electrons. The highest BCUT2D eigenvalue weighted by molar-refractivity contribution is 8.01. The van der Waals surface area contributed by atoms with E-state index in [0.29, 0.717) is 18.3 Å². The lowest BCUT2D eigenvalue weighted by Gasteiger charge is -2.50. The van der Waals surface area contributed by atoms with Crippen LogP contribution < -0.4 is 5.32 Å². The van der Waals surface area contributed by atoms with E-state index in [1.807, 2.05) is 4.90 Å². The highest BCUT2D eigenvalue weighted by Crippen LogP contribution is 2.40. The molecule has 0 aliphatic heterocycles. The van der Waals surface area contributed by atoms with Gasteiger partial charge in [0.05, 0.1) is 29.4 Å². The molecule has 31 heavy (non-hydrogen) atoms. The van der Waals surface area contributed by atoms with Crippen molar-refractivity contribution in [3.05, 3.63) is 6.20 Å². The quantitative estimate of drug-likeness (QED) is 0.287. The third-order valence-electron chi connectivity index (χ3n) is 5.93. The number of hydrogen-bond donors (Lipinski definition) is 2. The summed E-state index contributed by atoms with van der Waals surface area (Å²) < 4.78 is 12.4. The first-order valence-electron chi connectivity index (χ1n) is 11.1. The van der Waals surface area contributed by atoms with Crippen molar-refractivity contribution in [1.82, 2.24) is 9.88 Å². The summed E-state index contributed by atoms with van der Waals surface area (Å²) in [5, 5.41) is 12.3. The average Bonchev–Trinajstić information content (AvgIpc) is 3.21. The summed E-state index contributed by atoms with van der Waals surface area (Å²) in [7, 11) is 1.66. The molecule has 2 saturated carbocycles. The summed E-state index contributed by atoms with van der Waals surface area (Å²) >= 11 is 2.51. The maximum absolute atomic E-state index is 13.6. The Morgan fingerprint density at radius 3 is 2.61 bits per heavy atom. The smallest absolute Gasteiger partial charge is 0.326 e. The first-order valence-corrected chi connectivity index (χ1v) is 12.9. The van der Waals surface area contributed by atoms with E-state index in [0.717, 1.165) is 62.0 Å². The standard InChI is InChI=1S/C21H33N3O5S2/c1-28-12-13-29-21(10-6-3-7-11-21)24(16-8-4-2-5-9-16)20(27)23-19-22-14-18(31-19)30-15-17(25)26/h14,16H,2-13,15H2,1H3,(H,25,26)(H,22,23,27). The van der Waals surface area contributed by atoms with Crippen LogP contribution >= 0.6 is 23.1 Å². The van der Waals surface area contributed by atoms with E-state index in [4.69, 9.17) is 14.6 Å². The number of rotatable bonds is 10. The first kappa shape index (κ1) is 24.3. The number of urea groups is 1. The van der Waals surface area contributed by atoms with E-state index in [1.165, 1.54) is 29.5 Å². The molecule has 0 bridgehead atoms. The molecule has 1 aromatic heterocycles. The van der Waals surface area contributed by atoms with Crippen molar-refractivity contribution in [2.75, 3.05) is 31.4 Å². The van der Waals surface area contributed by atoms with Crippen LogP contribution in [0, 0.1) is 0 Å². The number of carboxylic acids is 1. The van der Waals surface area contributed by atoms with Crippen LogP contribution in [0.25, 0.3) is 0 Å². The van der Waals surface area contributed by atoms with Gasteiger partial charge in [0.2, 0.25) is 0 Å². The predicted octanol–water partition coefficient (Wildman–Crippen LogP) is 4.81. The van der Waals surface area contributed by atoms with Gasteiger partial charge in [-0.3, -0.25) is 15.0 Å². The van der Waals surface area contributed by atoms with Crippen molar-refractivity contribution in [1.29, 1.82) is 0 Å². The molecule has 1 heterocycles. The minimum Gasteiger partial charge on any atom is -0.481 e. The lowest BCUT2D eigenvalue weighted by Crippen LogP contribution is -2.60. The van der Waals surface area contributed by atoms with Gasteiger partial charge in [-0.05, 0) is 38.5 Å². The van der Waals surface area contributed by atoms with E-state index in [9.17, 15) is 9.59 Å². The van der Waals surface area contributed by atoms with Gasteiger partial charge in [0.15, 0.2) is 5.13 Å². The Labute approximate surface area is 192 Å². The summed E-state index contributed by atoms with van der Waals surface area (Å²) in [5.74, 6) is -0.903. The van der Waals surface area contributed by atoms with Crippen LogP contribution in [-0.2, 0) is 14.3 Å². The Balaban J connectivity index is 1.78. The van der Waals surface area contributed by atoms with Crippen LogP contribution in [0.1, 0.15) is 64.2 Å². The summed E-state index contributed by atoms with van der Waals surface area (Å²) in [6.07, 6.45) is 11.9. The topological polar surface area (TPSA) is 101 Å². The molecule has 1 aromatic rings. The number of ether oxygens (including phenoxy) is 2. The van der Waals surface area contributed by atoms with Gasteiger partial charge < -0.3 is 14.6 Å². The number of anilines is 1. The average molecular weight is 472 g/mol. The largest absolute Gasteiger partial charge is 0.481 e. The van der Waals surface area contributed by atoms with Crippen molar-refractivity contribution in [3.8, 4) is 0 Å². The normalized spacial score (nSPS) is 19.1. The zero-order valence-electron chi connectivity index (χ0n) is 18.1. The van der Waals surface area contributed by atoms with Crippen molar-refractivity contribution in [2.24, 2.45) is 0 Å². The van der Waals surface area contributed by atoms with Crippen LogP contribution in [0.15, 0.2) is 10.4 Å². The summed E-state index contributed by atoms with van der Waals surface area (Å²) in [6, 6.07) is -0.0226. The van der Waals surface area contributed by atoms with Gasteiger partial charge in [0.25, 0.3) is 0 Å². The second-order valence-electron chi connectivity index (χ2n) is 8.11. The summed E-state index contributed by atoms with van der Waals surface area (Å²) in [5.41, 5.74) is -0.610. The number of carbonyl (C=O) groups is 2. The minimum absolute atomic E-state index is 0.0276. The Hall–Kier alpha value is -1.36. The summed E-state index contributed by atoms with van der Waals surface area (Å²) in [4.78, 5) is 30.7. The van der Waals surface area contributed by atoms with Gasteiger partial charge in [-0.15, -0.1) is 11.8 Å². The number of nitrogens with zero attached hydrogens (tertiary/aromatic N) is 2. The molecule has 2 amide bonds. The number of carbonyl (C=O) groups excluding carboxylic acids is 1. The molecule has 2 aliphatic rings. The van der Waals surface area contributed by atoms with Crippen LogP contribution in [0.5, 0.6) is 0 Å². The van der Waals surface area contributed by atoms with E-state index in [1.54, 1.807) is 13.3 Å². The van der Waals surface area contributed by atoms with Crippen LogP contribution in [0.2, 0.25) is 0 Å². The third kappa shape index (κ3) is 6.81. The summed E-state index contributed by atoms with van der Waals surface area (Å²) in [6.45, 7) is 0.957. The minimum atomic E-state index is -0.875. The maximum atomic E-state index is 13.6. The Morgan fingerprint density at radius 1 is 1.23 bits per heavy atom. The lowest BCUT2D eigenvalue weighted by atomic mass is 9.86. The van der Waals surface area contributed by atoms with Crippen LogP contribution in [0.3, 0.4) is 0 Å². The number of methoxy groups -OCH3 is 1. The van der Waals surface area contributed by atoms with E-state index in [-0.39, 0.29) is 17.8 Å². The molecule has 0 saturated heterocycles. The Bertz CT molecular complexity index is 718. The number of nitrogens with one attached hydrogen (secondary N) is 1. The van der Waals surface area contributed by atoms with Crippen LogP contribution in [-0.4, -0.2) is 64.8 Å². The first-order chi connectivity index (χ1) is 15.0. The van der Waals surface area contributed by atoms with E-state index in [2.05, 4.69) is 10.3 Å². The second-order valence-corrected chi connectivity index (χ2v) is 10.4. The number of carboxylic acid groups (broad SMARTS) is 1. The molecule has 3 rings (SSSR count). The lowest BCUT2D eigenvalue weighted by molar-refractivity contribution is -0.175. The third-order valence-corrected chi connectivity index (χ3v) is 8.02. The molecular formula is C21H33N3O5S2. The number of thiazole rings is 1. The van der Waals surface area contributed by atoms with Gasteiger partial charge in [-0.2, -0.15) is 0 Å². The molecule has 0 atom stereocenters. The number of thioether (sulfide) groups is 1. The fourth-order valence-electron chi connectivity index (χ4n) is 4.57. The second kappa shape index (κ2) is 12.0. The Kier molecular flexibility index (Phi) is 9.43. The van der Waals surface area contributed by atoms with Gasteiger partial charge in [0.1, 0.15) is 5.72 Å².